The average Bonchev–Trinajstić information content (AvgIpc) is 2.92. The molecular weight excluding hydrogens is 314 g/mol. The van der Waals surface area contributed by atoms with Gasteiger partial charge >= 0.3 is 5.69 Å². The zero-order valence-corrected chi connectivity index (χ0v) is 14.8. The van der Waals surface area contributed by atoms with Gasteiger partial charge in [0, 0.05) is 12.1 Å². The highest BCUT2D eigenvalue weighted by atomic mass is 16.1. The first-order chi connectivity index (χ1) is 11.8. The molecule has 2 aromatic carbocycles. The number of hydrogen-bond donors (Lipinski definition) is 3. The lowest BCUT2D eigenvalue weighted by Gasteiger charge is -2.19. The molecule has 0 spiro atoms. The summed E-state index contributed by atoms with van der Waals surface area (Å²) >= 11 is 0. The number of nitrogens with one attached hydrogen (secondary N) is 3. The van der Waals surface area contributed by atoms with E-state index in [-0.39, 0.29) is 17.0 Å². The topological polar surface area (TPSA) is 77.8 Å². The summed E-state index contributed by atoms with van der Waals surface area (Å²) < 4.78 is 0. The minimum atomic E-state index is -0.253. The second-order valence-electron chi connectivity index (χ2n) is 7.33. The maximum Gasteiger partial charge on any atom is 0.323 e. The Morgan fingerprint density at radius 1 is 1.00 bits per heavy atom. The molecule has 0 fully saturated rings. The predicted octanol–water partition coefficient (Wildman–Crippen LogP) is 3.73. The first-order valence-electron chi connectivity index (χ1n) is 8.42. The molecule has 3 N–H and O–H groups in total. The summed E-state index contributed by atoms with van der Waals surface area (Å²) in [5, 5.41) is 2.87. The molecule has 0 saturated carbocycles. The molecular formula is C20H23N3O2. The van der Waals surface area contributed by atoms with Gasteiger partial charge in [0.15, 0.2) is 0 Å². The summed E-state index contributed by atoms with van der Waals surface area (Å²) in [6, 6.07) is 13.7. The summed E-state index contributed by atoms with van der Waals surface area (Å²) in [6.07, 6.45) is 1.11. The Balaban J connectivity index is 1.59. The molecule has 3 aromatic rings. The number of H-pyrrole nitrogens is 2. The van der Waals surface area contributed by atoms with Crippen LogP contribution in [0.2, 0.25) is 0 Å². The molecule has 0 aliphatic heterocycles. The van der Waals surface area contributed by atoms with Gasteiger partial charge in [0.25, 0.3) is 0 Å². The normalized spacial score (nSPS) is 11.6. The Morgan fingerprint density at radius 3 is 2.36 bits per heavy atom. The lowest BCUT2D eigenvalue weighted by Crippen LogP contribution is -2.13. The SMILES string of the molecule is CC(C)(C)c1ccc(CCC(=O)Nc2ccc3[nH]c(=O)[nH]c3c2)cc1. The largest absolute Gasteiger partial charge is 0.326 e. The number of rotatable bonds is 4. The summed E-state index contributed by atoms with van der Waals surface area (Å²) in [5.41, 5.74) is 4.40. The van der Waals surface area contributed by atoms with Gasteiger partial charge in [0.2, 0.25) is 5.91 Å². The van der Waals surface area contributed by atoms with Gasteiger partial charge in [-0.1, -0.05) is 45.0 Å². The molecule has 25 heavy (non-hydrogen) atoms. The van der Waals surface area contributed by atoms with Gasteiger partial charge in [-0.15, -0.1) is 0 Å². The molecule has 0 atom stereocenters. The quantitative estimate of drug-likeness (QED) is 0.678. The summed E-state index contributed by atoms with van der Waals surface area (Å²) in [4.78, 5) is 28.8. The van der Waals surface area contributed by atoms with Crippen LogP contribution in [0.4, 0.5) is 5.69 Å². The van der Waals surface area contributed by atoms with Crippen molar-refractivity contribution in [3.05, 3.63) is 64.1 Å². The summed E-state index contributed by atoms with van der Waals surface area (Å²) in [7, 11) is 0. The number of hydrogen-bond acceptors (Lipinski definition) is 2. The Morgan fingerprint density at radius 2 is 1.68 bits per heavy atom. The first-order valence-corrected chi connectivity index (χ1v) is 8.42. The van der Waals surface area contributed by atoms with E-state index in [1.165, 1.54) is 5.56 Å². The number of carbonyl (C=O) groups excluding carboxylic acids is 1. The third kappa shape index (κ3) is 4.18. The highest BCUT2D eigenvalue weighted by Gasteiger charge is 2.13. The number of anilines is 1. The number of carbonyl (C=O) groups is 1. The monoisotopic (exact) mass is 337 g/mol. The van der Waals surface area contributed by atoms with Gasteiger partial charge in [-0.25, -0.2) is 4.79 Å². The first kappa shape index (κ1) is 17.0. The van der Waals surface area contributed by atoms with E-state index in [1.807, 2.05) is 0 Å². The molecule has 0 aliphatic rings. The number of imidazole rings is 1. The van der Waals surface area contributed by atoms with Crippen LogP contribution in [-0.4, -0.2) is 15.9 Å². The number of amides is 1. The van der Waals surface area contributed by atoms with Gasteiger partial charge in [-0.2, -0.15) is 0 Å². The van der Waals surface area contributed by atoms with Gasteiger partial charge in [-0.05, 0) is 41.2 Å². The minimum Gasteiger partial charge on any atom is -0.326 e. The van der Waals surface area contributed by atoms with E-state index in [4.69, 9.17) is 0 Å². The molecule has 0 radical (unpaired) electrons. The third-order valence-corrected chi connectivity index (χ3v) is 4.26. The van der Waals surface area contributed by atoms with Crippen LogP contribution in [-0.2, 0) is 16.6 Å². The van der Waals surface area contributed by atoms with Crippen LogP contribution in [0.1, 0.15) is 38.3 Å². The van der Waals surface area contributed by atoms with E-state index in [2.05, 4.69) is 60.3 Å². The smallest absolute Gasteiger partial charge is 0.323 e. The fourth-order valence-electron chi connectivity index (χ4n) is 2.76. The predicted molar refractivity (Wildman–Crippen MR) is 101 cm³/mol. The Bertz CT molecular complexity index is 943. The lowest BCUT2D eigenvalue weighted by molar-refractivity contribution is -0.116. The molecule has 3 rings (SSSR count). The zero-order chi connectivity index (χ0) is 18.0. The highest BCUT2D eigenvalue weighted by molar-refractivity contribution is 5.93. The summed E-state index contributed by atoms with van der Waals surface area (Å²) in [5.74, 6) is -0.0443. The minimum absolute atomic E-state index is 0.0443. The van der Waals surface area contributed by atoms with Crippen molar-refractivity contribution in [3.63, 3.8) is 0 Å². The number of fused-ring (bicyclic) bond motifs is 1. The Labute approximate surface area is 146 Å². The van der Waals surface area contributed by atoms with Crippen molar-refractivity contribution in [2.24, 2.45) is 0 Å². The molecule has 1 aromatic heterocycles. The van der Waals surface area contributed by atoms with E-state index in [0.717, 1.165) is 11.1 Å². The Hall–Kier alpha value is -2.82. The molecule has 0 aliphatic carbocycles. The van der Waals surface area contributed by atoms with E-state index in [9.17, 15) is 9.59 Å². The van der Waals surface area contributed by atoms with Gasteiger partial charge < -0.3 is 15.3 Å². The molecule has 0 bridgehead atoms. The number of aromatic amines is 2. The second-order valence-corrected chi connectivity index (χ2v) is 7.33. The van der Waals surface area contributed by atoms with Gasteiger partial charge in [0.05, 0.1) is 11.0 Å². The molecule has 1 amide bonds. The second kappa shape index (κ2) is 6.59. The number of aromatic nitrogens is 2. The number of benzene rings is 2. The fraction of sp³-hybridized carbons (Fsp3) is 0.300. The maximum absolute atomic E-state index is 12.2. The molecule has 0 unspecified atom stereocenters. The van der Waals surface area contributed by atoms with Crippen LogP contribution in [0.3, 0.4) is 0 Å². The molecule has 5 heteroatoms. The zero-order valence-electron chi connectivity index (χ0n) is 14.8. The summed E-state index contributed by atoms with van der Waals surface area (Å²) in [6.45, 7) is 6.55. The van der Waals surface area contributed by atoms with E-state index >= 15 is 0 Å². The third-order valence-electron chi connectivity index (χ3n) is 4.26. The average molecular weight is 337 g/mol. The molecule has 0 saturated heterocycles. The lowest BCUT2D eigenvalue weighted by atomic mass is 9.86. The maximum atomic E-state index is 12.2. The van der Waals surface area contributed by atoms with Crippen molar-refractivity contribution < 1.29 is 4.79 Å². The highest BCUT2D eigenvalue weighted by Crippen LogP contribution is 2.22. The van der Waals surface area contributed by atoms with E-state index in [1.54, 1.807) is 18.2 Å². The standard InChI is InChI=1S/C20H23N3O2/c1-20(2,3)14-7-4-13(5-8-14)6-11-18(24)21-15-9-10-16-17(12-15)23-19(25)22-16/h4-5,7-10,12H,6,11H2,1-3H3,(H,21,24)(H2,22,23,25). The van der Waals surface area contributed by atoms with Crippen molar-refractivity contribution in [2.75, 3.05) is 5.32 Å². The van der Waals surface area contributed by atoms with Gasteiger partial charge in [-0.3, -0.25) is 4.79 Å². The van der Waals surface area contributed by atoms with Crippen LogP contribution in [0, 0.1) is 0 Å². The van der Waals surface area contributed by atoms with Crippen LogP contribution in [0.5, 0.6) is 0 Å². The van der Waals surface area contributed by atoms with E-state index < -0.39 is 0 Å². The molecule has 1 heterocycles. The van der Waals surface area contributed by atoms with Crippen LogP contribution in [0.15, 0.2) is 47.3 Å². The van der Waals surface area contributed by atoms with Crippen molar-refractivity contribution in [2.45, 2.75) is 39.0 Å². The van der Waals surface area contributed by atoms with Crippen molar-refractivity contribution in [1.82, 2.24) is 9.97 Å². The Kier molecular flexibility index (Phi) is 4.49. The van der Waals surface area contributed by atoms with Crippen LogP contribution in [0.25, 0.3) is 11.0 Å². The van der Waals surface area contributed by atoms with Crippen molar-refractivity contribution >= 4 is 22.6 Å². The van der Waals surface area contributed by atoms with E-state index in [0.29, 0.717) is 24.0 Å². The number of aryl methyl sites for hydroxylation is 1. The fourth-order valence-corrected chi connectivity index (χ4v) is 2.76. The molecule has 130 valence electrons. The van der Waals surface area contributed by atoms with Crippen molar-refractivity contribution in [3.8, 4) is 0 Å². The van der Waals surface area contributed by atoms with Crippen LogP contribution >= 0.6 is 0 Å². The van der Waals surface area contributed by atoms with Crippen LogP contribution < -0.4 is 11.0 Å². The van der Waals surface area contributed by atoms with Gasteiger partial charge in [0.1, 0.15) is 0 Å². The van der Waals surface area contributed by atoms with Crippen molar-refractivity contribution in [1.29, 1.82) is 0 Å². The molecule has 5 nitrogen and oxygen atoms in total.